The molecule has 2 aromatic rings. The molecule has 0 atom stereocenters. The van der Waals surface area contributed by atoms with Gasteiger partial charge >= 0.3 is 0 Å². The summed E-state index contributed by atoms with van der Waals surface area (Å²) in [6.45, 7) is 0.997. The van der Waals surface area contributed by atoms with Crippen LogP contribution in [0.4, 0.5) is 5.69 Å². The van der Waals surface area contributed by atoms with Gasteiger partial charge in [0, 0.05) is 29.9 Å². The van der Waals surface area contributed by atoms with Crippen molar-refractivity contribution in [3.05, 3.63) is 59.7 Å². The number of nitrogens with zero attached hydrogens (tertiary/aromatic N) is 1. The van der Waals surface area contributed by atoms with Gasteiger partial charge in [0.1, 0.15) is 0 Å². The smallest absolute Gasteiger partial charge is 0.255 e. The van der Waals surface area contributed by atoms with Crippen LogP contribution in [0, 0.1) is 0 Å². The molecular weight excluding hydrogens is 354 g/mol. The van der Waals surface area contributed by atoms with Gasteiger partial charge in [-0.1, -0.05) is 12.1 Å². The fourth-order valence-electron chi connectivity index (χ4n) is 2.83. The SMILES string of the molecule is NC(=O)c1cccc(NC(=O)c2cccc(S(=O)(=O)N3CCCC3)c2)c1. The highest BCUT2D eigenvalue weighted by Crippen LogP contribution is 2.22. The first kappa shape index (κ1) is 18.1. The standard InChI is InChI=1S/C18H19N3O4S/c19-17(22)13-5-3-7-15(11-13)20-18(23)14-6-4-8-16(12-14)26(24,25)21-9-1-2-10-21/h3-8,11-12H,1-2,9-10H2,(H2,19,22)(H,20,23). The van der Waals surface area contributed by atoms with Gasteiger partial charge in [0.15, 0.2) is 0 Å². The number of sulfonamides is 1. The number of hydrogen-bond acceptors (Lipinski definition) is 4. The molecule has 136 valence electrons. The molecule has 1 aliphatic rings. The minimum absolute atomic E-state index is 0.0953. The highest BCUT2D eigenvalue weighted by atomic mass is 32.2. The lowest BCUT2D eigenvalue weighted by atomic mass is 10.1. The van der Waals surface area contributed by atoms with E-state index in [1.54, 1.807) is 18.2 Å². The van der Waals surface area contributed by atoms with Crippen LogP contribution in [0.5, 0.6) is 0 Å². The van der Waals surface area contributed by atoms with Crippen LogP contribution < -0.4 is 11.1 Å². The number of nitrogens with one attached hydrogen (secondary N) is 1. The highest BCUT2D eigenvalue weighted by Gasteiger charge is 2.27. The molecular formula is C18H19N3O4S. The van der Waals surface area contributed by atoms with E-state index in [9.17, 15) is 18.0 Å². The summed E-state index contributed by atoms with van der Waals surface area (Å²) in [7, 11) is -3.59. The third-order valence-electron chi connectivity index (χ3n) is 4.20. The zero-order valence-electron chi connectivity index (χ0n) is 14.0. The van der Waals surface area contributed by atoms with E-state index in [1.165, 1.54) is 34.6 Å². The average molecular weight is 373 g/mol. The predicted molar refractivity (Wildman–Crippen MR) is 97.3 cm³/mol. The van der Waals surface area contributed by atoms with Gasteiger partial charge in [-0.25, -0.2) is 8.42 Å². The molecule has 3 N–H and O–H groups in total. The molecule has 26 heavy (non-hydrogen) atoms. The van der Waals surface area contributed by atoms with Gasteiger partial charge < -0.3 is 11.1 Å². The molecule has 3 rings (SSSR count). The van der Waals surface area contributed by atoms with E-state index < -0.39 is 21.8 Å². The van der Waals surface area contributed by atoms with Crippen LogP contribution in [-0.4, -0.2) is 37.6 Å². The summed E-state index contributed by atoms with van der Waals surface area (Å²) in [5.41, 5.74) is 6.12. The van der Waals surface area contributed by atoms with E-state index in [2.05, 4.69) is 5.32 Å². The maximum Gasteiger partial charge on any atom is 0.255 e. The number of nitrogens with two attached hydrogens (primary N) is 1. The number of carbonyl (C=O) groups excluding carboxylic acids is 2. The summed E-state index contributed by atoms with van der Waals surface area (Å²) in [5.74, 6) is -1.06. The van der Waals surface area contributed by atoms with E-state index in [1.807, 2.05) is 0 Å². The van der Waals surface area contributed by atoms with Crippen LogP contribution in [-0.2, 0) is 10.0 Å². The minimum atomic E-state index is -3.59. The highest BCUT2D eigenvalue weighted by molar-refractivity contribution is 7.89. The van der Waals surface area contributed by atoms with Crippen LogP contribution in [0.2, 0.25) is 0 Å². The summed E-state index contributed by atoms with van der Waals surface area (Å²) in [5, 5.41) is 2.65. The summed E-state index contributed by atoms with van der Waals surface area (Å²) >= 11 is 0. The monoisotopic (exact) mass is 373 g/mol. The molecule has 0 aromatic heterocycles. The fourth-order valence-corrected chi connectivity index (χ4v) is 4.39. The molecule has 1 heterocycles. The maximum atomic E-state index is 12.6. The number of rotatable bonds is 5. The van der Waals surface area contributed by atoms with Gasteiger partial charge in [-0.05, 0) is 49.2 Å². The third-order valence-corrected chi connectivity index (χ3v) is 6.10. The number of hydrogen-bond donors (Lipinski definition) is 2. The molecule has 0 bridgehead atoms. The largest absolute Gasteiger partial charge is 0.366 e. The number of anilines is 1. The number of amides is 2. The Morgan fingerprint density at radius 2 is 1.62 bits per heavy atom. The maximum absolute atomic E-state index is 12.6. The van der Waals surface area contributed by atoms with Crippen molar-refractivity contribution in [3.63, 3.8) is 0 Å². The second-order valence-corrected chi connectivity index (χ2v) is 7.98. The van der Waals surface area contributed by atoms with Crippen LogP contribution in [0.25, 0.3) is 0 Å². The summed E-state index contributed by atoms with van der Waals surface area (Å²) in [6, 6.07) is 12.2. The first-order chi connectivity index (χ1) is 12.4. The van der Waals surface area contributed by atoms with E-state index in [-0.39, 0.29) is 16.0 Å². The lowest BCUT2D eigenvalue weighted by molar-refractivity contribution is 0.0996. The molecule has 0 unspecified atom stereocenters. The molecule has 1 saturated heterocycles. The normalized spacial score (nSPS) is 14.9. The second-order valence-electron chi connectivity index (χ2n) is 6.04. The number of benzene rings is 2. The topological polar surface area (TPSA) is 110 Å². The Kier molecular flexibility index (Phi) is 5.06. The van der Waals surface area contributed by atoms with Crippen LogP contribution >= 0.6 is 0 Å². The Morgan fingerprint density at radius 3 is 2.31 bits per heavy atom. The minimum Gasteiger partial charge on any atom is -0.366 e. The third kappa shape index (κ3) is 3.76. The Balaban J connectivity index is 1.82. The lowest BCUT2D eigenvalue weighted by Crippen LogP contribution is -2.28. The first-order valence-corrected chi connectivity index (χ1v) is 9.63. The van der Waals surface area contributed by atoms with Crippen molar-refractivity contribution in [3.8, 4) is 0 Å². The second kappa shape index (κ2) is 7.27. The molecule has 1 fully saturated rings. The summed E-state index contributed by atoms with van der Waals surface area (Å²) < 4.78 is 26.7. The Hall–Kier alpha value is -2.71. The first-order valence-electron chi connectivity index (χ1n) is 8.19. The predicted octanol–water partition coefficient (Wildman–Crippen LogP) is 1.82. The van der Waals surface area contributed by atoms with Crippen molar-refractivity contribution in [2.24, 2.45) is 5.73 Å². The molecule has 8 heteroatoms. The van der Waals surface area contributed by atoms with E-state index in [4.69, 9.17) is 5.73 Å². The summed E-state index contributed by atoms with van der Waals surface area (Å²) in [6.07, 6.45) is 1.69. The summed E-state index contributed by atoms with van der Waals surface area (Å²) in [4.78, 5) is 23.8. The molecule has 1 aliphatic heterocycles. The molecule has 0 spiro atoms. The van der Waals surface area contributed by atoms with Gasteiger partial charge in [0.25, 0.3) is 5.91 Å². The molecule has 0 aliphatic carbocycles. The Labute approximate surface area is 151 Å². The quantitative estimate of drug-likeness (QED) is 0.833. The lowest BCUT2D eigenvalue weighted by Gasteiger charge is -2.16. The molecule has 2 aromatic carbocycles. The number of primary amides is 1. The Bertz CT molecular complexity index is 950. The van der Waals surface area contributed by atoms with Gasteiger partial charge in [-0.15, -0.1) is 0 Å². The van der Waals surface area contributed by atoms with Gasteiger partial charge in [-0.3, -0.25) is 9.59 Å². The van der Waals surface area contributed by atoms with Crippen molar-refractivity contribution in [1.29, 1.82) is 0 Å². The van der Waals surface area contributed by atoms with Gasteiger partial charge in [0.05, 0.1) is 4.90 Å². The van der Waals surface area contributed by atoms with E-state index >= 15 is 0 Å². The number of carbonyl (C=O) groups is 2. The van der Waals surface area contributed by atoms with Gasteiger partial charge in [-0.2, -0.15) is 4.31 Å². The van der Waals surface area contributed by atoms with E-state index in [0.29, 0.717) is 18.8 Å². The molecule has 2 amide bonds. The van der Waals surface area contributed by atoms with Crippen LogP contribution in [0.15, 0.2) is 53.4 Å². The Morgan fingerprint density at radius 1 is 0.962 bits per heavy atom. The molecule has 0 radical (unpaired) electrons. The molecule has 7 nitrogen and oxygen atoms in total. The average Bonchev–Trinajstić information content (AvgIpc) is 3.17. The van der Waals surface area contributed by atoms with Gasteiger partial charge in [0.2, 0.25) is 15.9 Å². The van der Waals surface area contributed by atoms with Crippen molar-refractivity contribution >= 4 is 27.5 Å². The zero-order chi connectivity index (χ0) is 18.7. The fraction of sp³-hybridized carbons (Fsp3) is 0.222. The van der Waals surface area contributed by atoms with E-state index in [0.717, 1.165) is 12.8 Å². The van der Waals surface area contributed by atoms with Crippen LogP contribution in [0.1, 0.15) is 33.6 Å². The van der Waals surface area contributed by atoms with Crippen molar-refractivity contribution < 1.29 is 18.0 Å². The van der Waals surface area contributed by atoms with Crippen molar-refractivity contribution in [1.82, 2.24) is 4.31 Å². The zero-order valence-corrected chi connectivity index (χ0v) is 14.8. The van der Waals surface area contributed by atoms with Crippen molar-refractivity contribution in [2.75, 3.05) is 18.4 Å². The van der Waals surface area contributed by atoms with Crippen molar-refractivity contribution in [2.45, 2.75) is 17.7 Å². The molecule has 0 saturated carbocycles. The van der Waals surface area contributed by atoms with Crippen LogP contribution in [0.3, 0.4) is 0 Å².